The smallest absolute Gasteiger partial charge is 0.387 e. The summed E-state index contributed by atoms with van der Waals surface area (Å²) in [6.45, 7) is -1.53. The number of aryl methyl sites for hydroxylation is 1. The van der Waals surface area contributed by atoms with Gasteiger partial charge in [-0.15, -0.1) is 0 Å². The lowest BCUT2D eigenvalue weighted by Gasteiger charge is -2.11. The first-order valence-electron chi connectivity index (χ1n) is 9.89. The second-order valence-corrected chi connectivity index (χ2v) is 7.73. The van der Waals surface area contributed by atoms with Crippen LogP contribution in [0.5, 0.6) is 5.75 Å². The van der Waals surface area contributed by atoms with Crippen LogP contribution in [0.3, 0.4) is 0 Å². The second-order valence-electron chi connectivity index (χ2n) is 6.94. The van der Waals surface area contributed by atoms with Crippen molar-refractivity contribution in [2.24, 2.45) is 0 Å². The summed E-state index contributed by atoms with van der Waals surface area (Å²) >= 11 is 12.3. The van der Waals surface area contributed by atoms with Gasteiger partial charge in [-0.1, -0.05) is 47.5 Å². The summed E-state index contributed by atoms with van der Waals surface area (Å²) in [5.74, 6) is -1.73. The highest BCUT2D eigenvalue weighted by molar-refractivity contribution is 6.31. The number of halogens is 4. The maximum Gasteiger partial charge on any atom is 0.387 e. The number of nitrogens with zero attached hydrogens (tertiary/aromatic N) is 2. The molecule has 0 radical (unpaired) electrons. The zero-order chi connectivity index (χ0) is 24.7. The van der Waals surface area contributed by atoms with Crippen molar-refractivity contribution in [3.05, 3.63) is 81.6 Å². The predicted octanol–water partition coefficient (Wildman–Crippen LogP) is 5.34. The molecule has 178 valence electrons. The van der Waals surface area contributed by atoms with Crippen LogP contribution in [0.15, 0.2) is 54.6 Å². The van der Waals surface area contributed by atoms with Crippen molar-refractivity contribution < 1.29 is 27.8 Å². The number of amides is 1. The van der Waals surface area contributed by atoms with Crippen molar-refractivity contribution in [2.75, 3.05) is 11.9 Å². The molecule has 3 rings (SSSR count). The molecule has 0 spiro atoms. The van der Waals surface area contributed by atoms with Gasteiger partial charge in [0.15, 0.2) is 6.61 Å². The SMILES string of the molecule is Cc1nn(Cc2ccc(Cl)cc2)c(Cl)c1C=CC(=O)OCC(=O)Nc1ccccc1OC(F)F. The monoisotopic (exact) mass is 509 g/mol. The number of esters is 1. The molecule has 0 fully saturated rings. The van der Waals surface area contributed by atoms with Crippen molar-refractivity contribution >= 4 is 46.8 Å². The van der Waals surface area contributed by atoms with Crippen LogP contribution in [0.25, 0.3) is 6.08 Å². The van der Waals surface area contributed by atoms with E-state index in [1.54, 1.807) is 23.7 Å². The average Bonchev–Trinajstić information content (AvgIpc) is 3.05. The summed E-state index contributed by atoms with van der Waals surface area (Å²) in [5, 5.41) is 7.67. The molecule has 0 aliphatic carbocycles. The normalized spacial score (nSPS) is 11.1. The number of hydrogen-bond acceptors (Lipinski definition) is 5. The Bertz CT molecular complexity index is 1200. The first kappa shape index (κ1) is 25.2. The van der Waals surface area contributed by atoms with E-state index in [1.807, 2.05) is 12.1 Å². The molecule has 0 atom stereocenters. The Hall–Kier alpha value is -3.43. The van der Waals surface area contributed by atoms with Crippen molar-refractivity contribution in [3.8, 4) is 5.75 Å². The van der Waals surface area contributed by atoms with Crippen LogP contribution in [-0.4, -0.2) is 34.9 Å². The van der Waals surface area contributed by atoms with Gasteiger partial charge in [-0.2, -0.15) is 13.9 Å². The highest BCUT2D eigenvalue weighted by Crippen LogP contribution is 2.25. The van der Waals surface area contributed by atoms with Crippen LogP contribution in [0.4, 0.5) is 14.5 Å². The third kappa shape index (κ3) is 7.03. The zero-order valence-corrected chi connectivity index (χ0v) is 19.3. The van der Waals surface area contributed by atoms with Crippen molar-refractivity contribution in [2.45, 2.75) is 20.1 Å². The molecule has 1 heterocycles. The fourth-order valence-electron chi connectivity index (χ4n) is 2.92. The van der Waals surface area contributed by atoms with E-state index in [1.165, 1.54) is 30.3 Å². The lowest BCUT2D eigenvalue weighted by atomic mass is 10.2. The Kier molecular flexibility index (Phi) is 8.61. The highest BCUT2D eigenvalue weighted by Gasteiger charge is 2.14. The van der Waals surface area contributed by atoms with E-state index in [0.717, 1.165) is 11.6 Å². The maximum absolute atomic E-state index is 12.5. The fraction of sp³-hybridized carbons (Fsp3) is 0.174. The van der Waals surface area contributed by atoms with Crippen LogP contribution in [-0.2, 0) is 20.9 Å². The van der Waals surface area contributed by atoms with E-state index in [2.05, 4.69) is 15.2 Å². The number of hydrogen-bond donors (Lipinski definition) is 1. The molecule has 0 saturated heterocycles. The molecule has 0 aliphatic rings. The first-order valence-corrected chi connectivity index (χ1v) is 10.6. The number of ether oxygens (including phenoxy) is 2. The molecule has 11 heteroatoms. The minimum atomic E-state index is -3.05. The number of benzene rings is 2. The van der Waals surface area contributed by atoms with Gasteiger partial charge < -0.3 is 14.8 Å². The fourth-order valence-corrected chi connectivity index (χ4v) is 3.34. The third-order valence-electron chi connectivity index (χ3n) is 4.46. The van der Waals surface area contributed by atoms with Crippen LogP contribution in [0.1, 0.15) is 16.8 Å². The summed E-state index contributed by atoms with van der Waals surface area (Å²) in [6.07, 6.45) is 2.55. The van der Waals surface area contributed by atoms with Crippen LogP contribution < -0.4 is 10.1 Å². The average molecular weight is 510 g/mol. The van der Waals surface area contributed by atoms with Crippen LogP contribution in [0.2, 0.25) is 10.2 Å². The summed E-state index contributed by atoms with van der Waals surface area (Å²) in [7, 11) is 0. The minimum absolute atomic E-state index is 0.0231. The number of alkyl halides is 2. The molecule has 1 aromatic heterocycles. The number of para-hydroxylation sites is 2. The summed E-state index contributed by atoms with van der Waals surface area (Å²) in [4.78, 5) is 24.1. The van der Waals surface area contributed by atoms with Gasteiger partial charge in [0.05, 0.1) is 17.9 Å². The van der Waals surface area contributed by atoms with E-state index in [0.29, 0.717) is 28.0 Å². The summed E-state index contributed by atoms with van der Waals surface area (Å²) in [5.41, 5.74) is 2.08. The molecule has 2 aromatic carbocycles. The van der Waals surface area contributed by atoms with Gasteiger partial charge in [-0.25, -0.2) is 9.48 Å². The quantitative estimate of drug-likeness (QED) is 0.310. The molecule has 0 saturated carbocycles. The van der Waals surface area contributed by atoms with Gasteiger partial charge >= 0.3 is 12.6 Å². The number of carbonyl (C=O) groups excluding carboxylic acids is 2. The molecule has 1 N–H and O–H groups in total. The van der Waals surface area contributed by atoms with Crippen molar-refractivity contribution in [1.82, 2.24) is 9.78 Å². The van der Waals surface area contributed by atoms with Gasteiger partial charge in [0, 0.05) is 16.7 Å². The zero-order valence-electron chi connectivity index (χ0n) is 17.8. The number of nitrogens with one attached hydrogen (secondary N) is 1. The Labute approximate surface area is 203 Å². The first-order chi connectivity index (χ1) is 16.2. The Balaban J connectivity index is 1.56. The molecule has 0 unspecified atom stereocenters. The number of carbonyl (C=O) groups is 2. The molecule has 7 nitrogen and oxygen atoms in total. The minimum Gasteiger partial charge on any atom is -0.452 e. The highest BCUT2D eigenvalue weighted by atomic mass is 35.5. The molecule has 3 aromatic rings. The molecule has 0 aliphatic heterocycles. The van der Waals surface area contributed by atoms with Crippen molar-refractivity contribution in [1.29, 1.82) is 0 Å². The van der Waals surface area contributed by atoms with Crippen LogP contribution in [0, 0.1) is 6.92 Å². The van der Waals surface area contributed by atoms with E-state index in [-0.39, 0.29) is 11.4 Å². The van der Waals surface area contributed by atoms with Crippen LogP contribution >= 0.6 is 23.2 Å². The maximum atomic E-state index is 12.5. The second kappa shape index (κ2) is 11.6. The Morgan fingerprint density at radius 3 is 2.56 bits per heavy atom. The van der Waals surface area contributed by atoms with E-state index >= 15 is 0 Å². The van der Waals surface area contributed by atoms with E-state index in [9.17, 15) is 18.4 Å². The topological polar surface area (TPSA) is 82.5 Å². The lowest BCUT2D eigenvalue weighted by molar-refractivity contribution is -0.142. The molecule has 1 amide bonds. The molecule has 0 bridgehead atoms. The van der Waals surface area contributed by atoms with E-state index in [4.69, 9.17) is 27.9 Å². The number of aromatic nitrogens is 2. The van der Waals surface area contributed by atoms with E-state index < -0.39 is 25.1 Å². The lowest BCUT2D eigenvalue weighted by Crippen LogP contribution is -2.20. The molecule has 34 heavy (non-hydrogen) atoms. The van der Waals surface area contributed by atoms with Gasteiger partial charge in [-0.05, 0) is 42.8 Å². The molecular weight excluding hydrogens is 491 g/mol. The standard InChI is InChI=1S/C23H19Cl2F2N3O4/c1-14-17(22(25)30(29-14)12-15-6-8-16(24)9-7-15)10-11-21(32)33-13-20(31)28-18-4-2-3-5-19(18)34-23(26)27/h2-11,23H,12-13H2,1H3,(H,28,31). The van der Waals surface area contributed by atoms with Gasteiger partial charge in [0.2, 0.25) is 0 Å². The van der Waals surface area contributed by atoms with Gasteiger partial charge in [0.1, 0.15) is 10.9 Å². The van der Waals surface area contributed by atoms with Crippen molar-refractivity contribution in [3.63, 3.8) is 0 Å². The van der Waals surface area contributed by atoms with Gasteiger partial charge in [-0.3, -0.25) is 4.79 Å². The Morgan fingerprint density at radius 2 is 1.85 bits per heavy atom. The number of anilines is 1. The molecular formula is C23H19Cl2F2N3O4. The third-order valence-corrected chi connectivity index (χ3v) is 5.11. The van der Waals surface area contributed by atoms with Gasteiger partial charge in [0.25, 0.3) is 5.91 Å². The summed E-state index contributed by atoms with van der Waals surface area (Å²) < 4.78 is 35.7. The number of rotatable bonds is 9. The summed E-state index contributed by atoms with van der Waals surface area (Å²) in [6, 6.07) is 12.9. The predicted molar refractivity (Wildman–Crippen MR) is 124 cm³/mol. The largest absolute Gasteiger partial charge is 0.452 e. The Morgan fingerprint density at radius 1 is 1.15 bits per heavy atom.